The topological polar surface area (TPSA) is 46.9 Å². The standard InChI is InChI=1S/C14H16ClF2N3OS/c1-7-10(9(3)20(19-7)14(16)17)6-13(21)18-8(2)11-4-5-12(15)22-11/h4-5,8,14H,6H2,1-3H3,(H,18,21)/t8-/m0/s1. The second-order valence-corrected chi connectivity index (χ2v) is 6.73. The molecule has 0 saturated carbocycles. The number of thiophene rings is 1. The van der Waals surface area contributed by atoms with E-state index < -0.39 is 6.55 Å². The quantitative estimate of drug-likeness (QED) is 0.887. The van der Waals surface area contributed by atoms with E-state index in [9.17, 15) is 13.6 Å². The van der Waals surface area contributed by atoms with Gasteiger partial charge < -0.3 is 5.32 Å². The Morgan fingerprint density at radius 3 is 2.64 bits per heavy atom. The Kier molecular flexibility index (Phi) is 5.18. The highest BCUT2D eigenvalue weighted by Gasteiger charge is 2.20. The van der Waals surface area contributed by atoms with Gasteiger partial charge in [0.1, 0.15) is 0 Å². The van der Waals surface area contributed by atoms with Crippen LogP contribution in [0.2, 0.25) is 4.34 Å². The molecule has 0 aliphatic heterocycles. The smallest absolute Gasteiger partial charge is 0.333 e. The molecule has 120 valence electrons. The Labute approximate surface area is 136 Å². The number of aryl methyl sites for hydroxylation is 1. The van der Waals surface area contributed by atoms with Crippen molar-refractivity contribution < 1.29 is 13.6 Å². The van der Waals surface area contributed by atoms with Crippen LogP contribution in [-0.2, 0) is 11.2 Å². The minimum absolute atomic E-state index is 0.0217. The van der Waals surface area contributed by atoms with Crippen molar-refractivity contribution in [3.8, 4) is 0 Å². The first-order valence-electron chi connectivity index (χ1n) is 6.67. The normalized spacial score (nSPS) is 12.7. The first kappa shape index (κ1) is 16.9. The summed E-state index contributed by atoms with van der Waals surface area (Å²) in [7, 11) is 0. The van der Waals surface area contributed by atoms with E-state index in [0.717, 1.165) is 4.88 Å². The summed E-state index contributed by atoms with van der Waals surface area (Å²) in [4.78, 5) is 13.1. The molecular weight excluding hydrogens is 332 g/mol. The van der Waals surface area contributed by atoms with Gasteiger partial charge in [0, 0.05) is 16.1 Å². The van der Waals surface area contributed by atoms with Gasteiger partial charge in [0.15, 0.2) is 0 Å². The summed E-state index contributed by atoms with van der Waals surface area (Å²) < 4.78 is 26.9. The van der Waals surface area contributed by atoms with E-state index >= 15 is 0 Å². The van der Waals surface area contributed by atoms with E-state index in [4.69, 9.17) is 11.6 Å². The van der Waals surface area contributed by atoms with Crippen LogP contribution in [0, 0.1) is 13.8 Å². The first-order chi connectivity index (χ1) is 10.3. The third-order valence-electron chi connectivity index (χ3n) is 3.40. The SMILES string of the molecule is Cc1nn(C(F)F)c(C)c1CC(=O)N[C@@H](C)c1ccc(Cl)s1. The van der Waals surface area contributed by atoms with Gasteiger partial charge in [0.05, 0.1) is 22.5 Å². The zero-order valence-corrected chi connectivity index (χ0v) is 13.9. The van der Waals surface area contributed by atoms with E-state index in [0.29, 0.717) is 26.0 Å². The molecule has 0 aromatic carbocycles. The molecular formula is C14H16ClF2N3OS. The lowest BCUT2D eigenvalue weighted by Gasteiger charge is -2.12. The van der Waals surface area contributed by atoms with Crippen LogP contribution >= 0.6 is 22.9 Å². The van der Waals surface area contributed by atoms with Crippen molar-refractivity contribution in [2.45, 2.75) is 39.8 Å². The van der Waals surface area contributed by atoms with Gasteiger partial charge in [-0.15, -0.1) is 11.3 Å². The van der Waals surface area contributed by atoms with Crippen LogP contribution in [0.1, 0.15) is 41.3 Å². The van der Waals surface area contributed by atoms with Gasteiger partial charge in [0.2, 0.25) is 5.91 Å². The molecule has 0 aliphatic rings. The molecule has 0 saturated heterocycles. The second-order valence-electron chi connectivity index (χ2n) is 4.98. The molecule has 0 fully saturated rings. The predicted octanol–water partition coefficient (Wildman–Crippen LogP) is 4.03. The minimum atomic E-state index is -2.71. The van der Waals surface area contributed by atoms with E-state index in [1.165, 1.54) is 18.3 Å². The summed E-state index contributed by atoms with van der Waals surface area (Å²) in [6.07, 6.45) is 0.0217. The van der Waals surface area contributed by atoms with Gasteiger partial charge in [-0.3, -0.25) is 4.79 Å². The van der Waals surface area contributed by atoms with Crippen LogP contribution in [0.3, 0.4) is 0 Å². The number of halogens is 3. The fourth-order valence-electron chi connectivity index (χ4n) is 2.23. The molecule has 22 heavy (non-hydrogen) atoms. The van der Waals surface area contributed by atoms with Gasteiger partial charge in [0.25, 0.3) is 0 Å². The van der Waals surface area contributed by atoms with Crippen molar-refractivity contribution in [3.63, 3.8) is 0 Å². The minimum Gasteiger partial charge on any atom is -0.348 e. The number of hydrogen-bond donors (Lipinski definition) is 1. The monoisotopic (exact) mass is 347 g/mol. The molecule has 2 heterocycles. The Balaban J connectivity index is 2.06. The molecule has 0 bridgehead atoms. The van der Waals surface area contributed by atoms with Crippen LogP contribution in [0.4, 0.5) is 8.78 Å². The molecule has 4 nitrogen and oxygen atoms in total. The summed E-state index contributed by atoms with van der Waals surface area (Å²) in [5.74, 6) is -0.239. The number of nitrogens with zero attached hydrogens (tertiary/aromatic N) is 2. The third-order valence-corrected chi connectivity index (χ3v) is 4.81. The maximum absolute atomic E-state index is 12.8. The Bertz CT molecular complexity index is 684. The fourth-order valence-corrected chi connectivity index (χ4v) is 3.29. The molecule has 0 radical (unpaired) electrons. The maximum atomic E-state index is 12.8. The molecule has 1 atom stereocenters. The number of rotatable bonds is 5. The van der Waals surface area contributed by atoms with Gasteiger partial charge in [-0.05, 0) is 32.9 Å². The van der Waals surface area contributed by atoms with Crippen LogP contribution in [0.15, 0.2) is 12.1 Å². The zero-order chi connectivity index (χ0) is 16.4. The number of amides is 1. The molecule has 1 amide bonds. The first-order valence-corrected chi connectivity index (χ1v) is 7.86. The van der Waals surface area contributed by atoms with Crippen LogP contribution < -0.4 is 5.32 Å². The largest absolute Gasteiger partial charge is 0.348 e. The lowest BCUT2D eigenvalue weighted by atomic mass is 10.1. The molecule has 0 unspecified atom stereocenters. The van der Waals surface area contributed by atoms with Gasteiger partial charge in [-0.2, -0.15) is 13.9 Å². The summed E-state index contributed by atoms with van der Waals surface area (Å²) in [6.45, 7) is 2.30. The summed E-state index contributed by atoms with van der Waals surface area (Å²) in [5.41, 5.74) is 1.29. The van der Waals surface area contributed by atoms with Gasteiger partial charge in [-0.1, -0.05) is 11.6 Å². The summed E-state index contributed by atoms with van der Waals surface area (Å²) >= 11 is 7.26. The third kappa shape index (κ3) is 3.64. The average molecular weight is 348 g/mol. The number of aromatic nitrogens is 2. The van der Waals surface area contributed by atoms with E-state index in [1.807, 2.05) is 13.0 Å². The van der Waals surface area contributed by atoms with Crippen molar-refractivity contribution in [1.29, 1.82) is 0 Å². The zero-order valence-electron chi connectivity index (χ0n) is 12.4. The summed E-state index contributed by atoms with van der Waals surface area (Å²) in [6, 6.07) is 3.44. The molecule has 2 rings (SSSR count). The lowest BCUT2D eigenvalue weighted by Crippen LogP contribution is -2.28. The lowest BCUT2D eigenvalue weighted by molar-refractivity contribution is -0.121. The van der Waals surface area contributed by atoms with Crippen LogP contribution in [-0.4, -0.2) is 15.7 Å². The number of hydrogen-bond acceptors (Lipinski definition) is 3. The van der Waals surface area contributed by atoms with Crippen LogP contribution in [0.5, 0.6) is 0 Å². The van der Waals surface area contributed by atoms with E-state index in [2.05, 4.69) is 10.4 Å². The predicted molar refractivity (Wildman–Crippen MR) is 82.5 cm³/mol. The van der Waals surface area contributed by atoms with Crippen LogP contribution in [0.25, 0.3) is 0 Å². The van der Waals surface area contributed by atoms with Crippen molar-refractivity contribution >= 4 is 28.8 Å². The molecule has 0 aliphatic carbocycles. The highest BCUT2D eigenvalue weighted by atomic mass is 35.5. The fraction of sp³-hybridized carbons (Fsp3) is 0.429. The Morgan fingerprint density at radius 2 is 2.14 bits per heavy atom. The Hall–Kier alpha value is -1.47. The van der Waals surface area contributed by atoms with E-state index in [-0.39, 0.29) is 18.4 Å². The number of nitrogens with one attached hydrogen (secondary N) is 1. The molecule has 0 spiro atoms. The number of carbonyl (C=O) groups excluding carboxylic acids is 1. The molecule has 2 aromatic heterocycles. The summed E-state index contributed by atoms with van der Waals surface area (Å²) in [5, 5.41) is 6.61. The van der Waals surface area contributed by atoms with Crippen molar-refractivity contribution in [2.75, 3.05) is 0 Å². The van der Waals surface area contributed by atoms with Crippen molar-refractivity contribution in [1.82, 2.24) is 15.1 Å². The average Bonchev–Trinajstić information content (AvgIpc) is 2.97. The number of alkyl halides is 2. The van der Waals surface area contributed by atoms with Gasteiger partial charge >= 0.3 is 6.55 Å². The van der Waals surface area contributed by atoms with Crippen molar-refractivity contribution in [2.24, 2.45) is 0 Å². The molecule has 1 N–H and O–H groups in total. The van der Waals surface area contributed by atoms with Gasteiger partial charge in [-0.25, -0.2) is 4.68 Å². The second kappa shape index (κ2) is 6.75. The Morgan fingerprint density at radius 1 is 1.45 bits per heavy atom. The molecule has 8 heteroatoms. The maximum Gasteiger partial charge on any atom is 0.333 e. The van der Waals surface area contributed by atoms with E-state index in [1.54, 1.807) is 13.0 Å². The molecule has 2 aromatic rings. The van der Waals surface area contributed by atoms with Crippen molar-refractivity contribution in [3.05, 3.63) is 38.3 Å². The number of carbonyl (C=O) groups is 1. The highest BCUT2D eigenvalue weighted by molar-refractivity contribution is 7.16. The highest BCUT2D eigenvalue weighted by Crippen LogP contribution is 2.27.